The Morgan fingerprint density at radius 2 is 1.67 bits per heavy atom. The first-order valence-electron chi connectivity index (χ1n) is 5.74. The van der Waals surface area contributed by atoms with Crippen LogP contribution < -0.4 is 0 Å². The van der Waals surface area contributed by atoms with E-state index in [9.17, 15) is 9.90 Å². The summed E-state index contributed by atoms with van der Waals surface area (Å²) in [6, 6.07) is 0. The summed E-state index contributed by atoms with van der Waals surface area (Å²) in [6.45, 7) is 9.94. The Kier molecular flexibility index (Phi) is 6.52. The van der Waals surface area contributed by atoms with Crippen molar-refractivity contribution in [2.75, 3.05) is 26.2 Å². The Morgan fingerprint density at radius 3 is 2.00 bits per heavy atom. The first-order valence-corrected chi connectivity index (χ1v) is 5.74. The van der Waals surface area contributed by atoms with Crippen LogP contribution in [0.1, 0.15) is 33.6 Å². The van der Waals surface area contributed by atoms with Crippen molar-refractivity contribution in [1.29, 1.82) is 0 Å². The molecular weight excluding hydrogens is 194 g/mol. The monoisotopic (exact) mass is 218 g/mol. The smallest absolute Gasteiger partial charge is 0.303 e. The molecule has 0 fully saturated rings. The fourth-order valence-corrected chi connectivity index (χ4v) is 1.89. The number of aliphatic hydroxyl groups excluding tert-OH is 1. The maximum Gasteiger partial charge on any atom is 0.303 e. The van der Waals surface area contributed by atoms with Crippen LogP contribution in [0.5, 0.6) is 0 Å². The van der Waals surface area contributed by atoms with Crippen LogP contribution >= 0.6 is 0 Å². The normalized spacial score (nSPS) is 13.9. The lowest BCUT2D eigenvalue weighted by molar-refractivity contribution is -0.926. The first-order chi connectivity index (χ1) is 6.99. The molecule has 0 bridgehead atoms. The number of aliphatic hydroxyl groups is 1. The predicted molar refractivity (Wildman–Crippen MR) is 59.6 cm³/mol. The van der Waals surface area contributed by atoms with Crippen molar-refractivity contribution in [2.45, 2.75) is 39.7 Å². The topological polar surface area (TPSA) is 57.5 Å². The molecule has 0 heterocycles. The van der Waals surface area contributed by atoms with E-state index in [-0.39, 0.29) is 6.42 Å². The number of nitrogens with zero attached hydrogens (tertiary/aromatic N) is 1. The molecule has 0 spiro atoms. The van der Waals surface area contributed by atoms with E-state index in [2.05, 4.69) is 20.8 Å². The van der Waals surface area contributed by atoms with Gasteiger partial charge in [0.1, 0.15) is 12.6 Å². The van der Waals surface area contributed by atoms with Crippen molar-refractivity contribution in [2.24, 2.45) is 0 Å². The highest BCUT2D eigenvalue weighted by Gasteiger charge is 2.24. The Labute approximate surface area is 92.1 Å². The molecule has 0 aliphatic carbocycles. The average molecular weight is 218 g/mol. The molecule has 0 saturated heterocycles. The van der Waals surface area contributed by atoms with Crippen molar-refractivity contribution in [1.82, 2.24) is 0 Å². The van der Waals surface area contributed by atoms with Gasteiger partial charge in [-0.05, 0) is 27.2 Å². The van der Waals surface area contributed by atoms with E-state index in [0.717, 1.165) is 24.1 Å². The van der Waals surface area contributed by atoms with E-state index in [4.69, 9.17) is 5.11 Å². The number of carboxylic acids is 1. The summed E-state index contributed by atoms with van der Waals surface area (Å²) >= 11 is 0. The summed E-state index contributed by atoms with van der Waals surface area (Å²) in [5.74, 6) is -0.836. The zero-order valence-electron chi connectivity index (χ0n) is 10.1. The summed E-state index contributed by atoms with van der Waals surface area (Å²) in [7, 11) is 0. The highest BCUT2D eigenvalue weighted by Crippen LogP contribution is 2.10. The molecule has 4 heteroatoms. The van der Waals surface area contributed by atoms with E-state index >= 15 is 0 Å². The summed E-state index contributed by atoms with van der Waals surface area (Å²) in [4.78, 5) is 10.4. The van der Waals surface area contributed by atoms with Gasteiger partial charge in [-0.3, -0.25) is 4.79 Å². The highest BCUT2D eigenvalue weighted by molar-refractivity contribution is 5.66. The lowest BCUT2D eigenvalue weighted by Gasteiger charge is -2.37. The van der Waals surface area contributed by atoms with Gasteiger partial charge in [-0.25, -0.2) is 0 Å². The Hall–Kier alpha value is -0.610. The van der Waals surface area contributed by atoms with Crippen molar-refractivity contribution in [3.05, 3.63) is 0 Å². The molecule has 0 aliphatic rings. The maximum atomic E-state index is 10.4. The van der Waals surface area contributed by atoms with E-state index < -0.39 is 12.1 Å². The molecule has 0 rings (SSSR count). The van der Waals surface area contributed by atoms with Gasteiger partial charge in [0, 0.05) is 6.42 Å². The molecule has 0 aliphatic heterocycles. The molecule has 0 aromatic rings. The molecule has 0 amide bonds. The number of carbonyl (C=O) groups is 1. The molecular formula is C11H24NO3+. The molecule has 1 unspecified atom stereocenters. The minimum absolute atomic E-state index is 0.0539. The fraction of sp³-hybridized carbons (Fsp3) is 0.909. The highest BCUT2D eigenvalue weighted by atomic mass is 16.4. The van der Waals surface area contributed by atoms with Crippen LogP contribution in [0.25, 0.3) is 0 Å². The van der Waals surface area contributed by atoms with Crippen LogP contribution in [0.15, 0.2) is 0 Å². The Balaban J connectivity index is 4.10. The lowest BCUT2D eigenvalue weighted by Crippen LogP contribution is -2.51. The van der Waals surface area contributed by atoms with Gasteiger partial charge >= 0.3 is 5.97 Å². The molecule has 2 N–H and O–H groups in total. The third-order valence-electron chi connectivity index (χ3n) is 3.30. The van der Waals surface area contributed by atoms with Gasteiger partial charge in [0.2, 0.25) is 0 Å². The Morgan fingerprint density at radius 1 is 1.20 bits per heavy atom. The van der Waals surface area contributed by atoms with Crippen LogP contribution in [-0.2, 0) is 4.79 Å². The third kappa shape index (κ3) is 5.14. The van der Waals surface area contributed by atoms with Gasteiger partial charge in [0.15, 0.2) is 0 Å². The van der Waals surface area contributed by atoms with Crippen molar-refractivity contribution < 1.29 is 19.5 Å². The van der Waals surface area contributed by atoms with Gasteiger partial charge in [0.05, 0.1) is 19.6 Å². The second-order valence-electron chi connectivity index (χ2n) is 4.06. The van der Waals surface area contributed by atoms with Crippen LogP contribution in [0, 0.1) is 0 Å². The predicted octanol–water partition coefficient (Wildman–Crippen LogP) is 1.09. The summed E-state index contributed by atoms with van der Waals surface area (Å²) < 4.78 is 0.862. The number of aliphatic carboxylic acids is 1. The Bertz CT molecular complexity index is 182. The fourth-order valence-electron chi connectivity index (χ4n) is 1.89. The zero-order chi connectivity index (χ0) is 11.9. The molecule has 15 heavy (non-hydrogen) atoms. The van der Waals surface area contributed by atoms with Crippen LogP contribution in [0.3, 0.4) is 0 Å². The van der Waals surface area contributed by atoms with Gasteiger partial charge < -0.3 is 14.7 Å². The van der Waals surface area contributed by atoms with E-state index in [1.165, 1.54) is 0 Å². The molecule has 0 saturated carbocycles. The lowest BCUT2D eigenvalue weighted by atomic mass is 10.1. The maximum absolute atomic E-state index is 10.4. The largest absolute Gasteiger partial charge is 0.481 e. The number of rotatable bonds is 8. The number of quaternary nitrogens is 1. The quantitative estimate of drug-likeness (QED) is 0.600. The number of hydrogen-bond donors (Lipinski definition) is 2. The van der Waals surface area contributed by atoms with E-state index in [1.54, 1.807) is 0 Å². The van der Waals surface area contributed by atoms with Crippen molar-refractivity contribution in [3.63, 3.8) is 0 Å². The molecule has 0 aromatic carbocycles. The minimum atomic E-state index is -0.836. The standard InChI is InChI=1S/C11H23NO3/c1-4-12(5-2,6-3)9-10(13)7-8-11(14)15/h10,13H,4-9H2,1-3H3/p+1. The second kappa shape index (κ2) is 6.80. The molecule has 0 radical (unpaired) electrons. The summed E-state index contributed by atoms with van der Waals surface area (Å²) in [5, 5.41) is 18.3. The third-order valence-corrected chi connectivity index (χ3v) is 3.30. The van der Waals surface area contributed by atoms with E-state index in [0.29, 0.717) is 13.0 Å². The number of carboxylic acid groups (broad SMARTS) is 1. The minimum Gasteiger partial charge on any atom is -0.481 e. The second-order valence-corrected chi connectivity index (χ2v) is 4.06. The number of likely N-dealkylation sites (N-methyl/N-ethyl adjacent to an activating group) is 1. The molecule has 0 aromatic heterocycles. The van der Waals surface area contributed by atoms with Crippen LogP contribution in [-0.4, -0.2) is 52.9 Å². The van der Waals surface area contributed by atoms with Gasteiger partial charge in [0.25, 0.3) is 0 Å². The summed E-state index contributed by atoms with van der Waals surface area (Å²) in [6.07, 6.45) is -0.0888. The van der Waals surface area contributed by atoms with Crippen LogP contribution in [0.4, 0.5) is 0 Å². The van der Waals surface area contributed by atoms with Crippen molar-refractivity contribution in [3.8, 4) is 0 Å². The molecule has 1 atom stereocenters. The molecule has 4 nitrogen and oxygen atoms in total. The van der Waals surface area contributed by atoms with Gasteiger partial charge in [-0.1, -0.05) is 0 Å². The van der Waals surface area contributed by atoms with E-state index in [1.807, 2.05) is 0 Å². The summed E-state index contributed by atoms with van der Waals surface area (Å²) in [5.41, 5.74) is 0. The van der Waals surface area contributed by atoms with Gasteiger partial charge in [-0.15, -0.1) is 0 Å². The zero-order valence-corrected chi connectivity index (χ0v) is 10.1. The van der Waals surface area contributed by atoms with Crippen molar-refractivity contribution >= 4 is 5.97 Å². The molecule has 90 valence electrons. The van der Waals surface area contributed by atoms with Gasteiger partial charge in [-0.2, -0.15) is 0 Å². The first kappa shape index (κ1) is 14.4. The SMILES string of the molecule is CC[N+](CC)(CC)CC(O)CCC(=O)O. The average Bonchev–Trinajstić information content (AvgIpc) is 2.23. The van der Waals surface area contributed by atoms with Crippen LogP contribution in [0.2, 0.25) is 0 Å². The number of hydrogen-bond acceptors (Lipinski definition) is 2.